The fourth-order valence-corrected chi connectivity index (χ4v) is 2.51. The average molecular weight is 269 g/mol. The lowest BCUT2D eigenvalue weighted by Gasteiger charge is -2.34. The van der Waals surface area contributed by atoms with E-state index in [1.54, 1.807) is 16.8 Å². The second-order valence-electron chi connectivity index (χ2n) is 5.28. The quantitative estimate of drug-likeness (QED) is 0.733. The first-order valence-corrected chi connectivity index (χ1v) is 6.97. The van der Waals surface area contributed by atoms with Crippen LogP contribution in [0.15, 0.2) is 0 Å². The van der Waals surface area contributed by atoms with Crippen molar-refractivity contribution in [3.05, 3.63) is 0 Å². The zero-order chi connectivity index (χ0) is 13.8. The molecule has 6 heteroatoms. The van der Waals surface area contributed by atoms with E-state index < -0.39 is 0 Å². The second kappa shape index (κ2) is 6.34. The standard InChI is InChI=1S/C13H23N3O3/c1-3-4-14-11-9-19-8-10(11)13(18)16-6-5-15(2)12(17)7-16/h10-11,14H,3-9H2,1-2H3. The molecule has 0 aliphatic carbocycles. The molecule has 2 aliphatic heterocycles. The van der Waals surface area contributed by atoms with E-state index in [0.29, 0.717) is 26.3 Å². The van der Waals surface area contributed by atoms with Crippen LogP contribution in [0.25, 0.3) is 0 Å². The van der Waals surface area contributed by atoms with Gasteiger partial charge in [-0.2, -0.15) is 0 Å². The first-order valence-electron chi connectivity index (χ1n) is 6.97. The molecule has 0 saturated carbocycles. The number of carbonyl (C=O) groups is 2. The number of rotatable bonds is 4. The number of likely N-dealkylation sites (N-methyl/N-ethyl adjacent to an activating group) is 1. The predicted molar refractivity (Wildman–Crippen MR) is 70.6 cm³/mol. The molecule has 2 unspecified atom stereocenters. The second-order valence-corrected chi connectivity index (χ2v) is 5.28. The van der Waals surface area contributed by atoms with Gasteiger partial charge in [-0.05, 0) is 13.0 Å². The molecule has 0 radical (unpaired) electrons. The minimum absolute atomic E-state index is 0.0107. The molecule has 2 atom stereocenters. The Hall–Kier alpha value is -1.14. The van der Waals surface area contributed by atoms with E-state index in [1.165, 1.54) is 0 Å². The first-order chi connectivity index (χ1) is 9.13. The zero-order valence-corrected chi connectivity index (χ0v) is 11.7. The highest BCUT2D eigenvalue weighted by Crippen LogP contribution is 2.18. The lowest BCUT2D eigenvalue weighted by Crippen LogP contribution is -2.54. The average Bonchev–Trinajstić information content (AvgIpc) is 2.87. The molecule has 19 heavy (non-hydrogen) atoms. The molecule has 2 heterocycles. The Morgan fingerprint density at radius 2 is 2.21 bits per heavy atom. The lowest BCUT2D eigenvalue weighted by atomic mass is 10.0. The summed E-state index contributed by atoms with van der Waals surface area (Å²) in [4.78, 5) is 27.5. The fraction of sp³-hybridized carbons (Fsp3) is 0.846. The number of ether oxygens (including phenoxy) is 1. The Balaban J connectivity index is 1.93. The Bertz CT molecular complexity index is 348. The molecular weight excluding hydrogens is 246 g/mol. The Labute approximate surface area is 114 Å². The van der Waals surface area contributed by atoms with Gasteiger partial charge in [0.2, 0.25) is 11.8 Å². The minimum Gasteiger partial charge on any atom is -0.379 e. The molecule has 2 amide bonds. The fourth-order valence-electron chi connectivity index (χ4n) is 2.51. The van der Waals surface area contributed by atoms with Gasteiger partial charge < -0.3 is 19.9 Å². The van der Waals surface area contributed by atoms with Gasteiger partial charge >= 0.3 is 0 Å². The van der Waals surface area contributed by atoms with Crippen molar-refractivity contribution >= 4 is 11.8 Å². The van der Waals surface area contributed by atoms with Crippen molar-refractivity contribution < 1.29 is 14.3 Å². The summed E-state index contributed by atoms with van der Waals surface area (Å²) < 4.78 is 5.42. The lowest BCUT2D eigenvalue weighted by molar-refractivity contribution is -0.146. The van der Waals surface area contributed by atoms with Crippen molar-refractivity contribution in [3.8, 4) is 0 Å². The number of piperazine rings is 1. The summed E-state index contributed by atoms with van der Waals surface area (Å²) in [6.07, 6.45) is 1.03. The molecule has 1 N–H and O–H groups in total. The minimum atomic E-state index is -0.150. The molecule has 0 spiro atoms. The van der Waals surface area contributed by atoms with E-state index >= 15 is 0 Å². The highest BCUT2D eigenvalue weighted by atomic mass is 16.5. The highest BCUT2D eigenvalue weighted by molar-refractivity contribution is 5.87. The predicted octanol–water partition coefficient (Wildman–Crippen LogP) is -0.698. The first kappa shape index (κ1) is 14.3. The number of carbonyl (C=O) groups excluding carboxylic acids is 2. The molecule has 2 aliphatic rings. The van der Waals surface area contributed by atoms with E-state index in [4.69, 9.17) is 4.74 Å². The molecule has 2 rings (SSSR count). The zero-order valence-electron chi connectivity index (χ0n) is 11.7. The Kier molecular flexibility index (Phi) is 4.76. The van der Waals surface area contributed by atoms with E-state index in [0.717, 1.165) is 13.0 Å². The molecule has 0 aromatic carbocycles. The molecule has 0 aromatic rings. The van der Waals surface area contributed by atoms with Crippen molar-refractivity contribution in [2.45, 2.75) is 19.4 Å². The van der Waals surface area contributed by atoms with Crippen LogP contribution in [-0.2, 0) is 14.3 Å². The molecule has 2 saturated heterocycles. The van der Waals surface area contributed by atoms with E-state index in [-0.39, 0.29) is 30.3 Å². The van der Waals surface area contributed by atoms with Crippen molar-refractivity contribution in [1.82, 2.24) is 15.1 Å². The summed E-state index contributed by atoms with van der Waals surface area (Å²) in [7, 11) is 1.77. The van der Waals surface area contributed by atoms with Crippen LogP contribution in [0.4, 0.5) is 0 Å². The van der Waals surface area contributed by atoms with Gasteiger partial charge in [-0.25, -0.2) is 0 Å². The molecule has 108 valence electrons. The normalized spacial score (nSPS) is 28.0. The summed E-state index contributed by atoms with van der Waals surface area (Å²) in [5.41, 5.74) is 0. The monoisotopic (exact) mass is 269 g/mol. The number of hydrogen-bond acceptors (Lipinski definition) is 4. The number of hydrogen-bond donors (Lipinski definition) is 1. The van der Waals surface area contributed by atoms with Crippen molar-refractivity contribution in [3.63, 3.8) is 0 Å². The third-order valence-electron chi connectivity index (χ3n) is 3.82. The van der Waals surface area contributed by atoms with Crippen LogP contribution in [0, 0.1) is 5.92 Å². The smallest absolute Gasteiger partial charge is 0.241 e. The van der Waals surface area contributed by atoms with Gasteiger partial charge in [-0.1, -0.05) is 6.92 Å². The number of amides is 2. The highest BCUT2D eigenvalue weighted by Gasteiger charge is 2.37. The van der Waals surface area contributed by atoms with Crippen LogP contribution in [0.3, 0.4) is 0 Å². The summed E-state index contributed by atoms with van der Waals surface area (Å²) in [5.74, 6) is -0.0908. The Morgan fingerprint density at radius 1 is 1.42 bits per heavy atom. The van der Waals surface area contributed by atoms with Crippen molar-refractivity contribution in [2.24, 2.45) is 5.92 Å². The van der Waals surface area contributed by atoms with Gasteiger partial charge in [-0.3, -0.25) is 9.59 Å². The van der Waals surface area contributed by atoms with Gasteiger partial charge in [0.05, 0.1) is 25.7 Å². The summed E-state index contributed by atoms with van der Waals surface area (Å²) in [5, 5.41) is 3.35. The number of nitrogens with one attached hydrogen (secondary N) is 1. The third-order valence-corrected chi connectivity index (χ3v) is 3.82. The summed E-state index contributed by atoms with van der Waals surface area (Å²) in [6.45, 7) is 5.46. The van der Waals surface area contributed by atoms with Gasteiger partial charge in [0.15, 0.2) is 0 Å². The van der Waals surface area contributed by atoms with Gasteiger partial charge in [-0.15, -0.1) is 0 Å². The topological polar surface area (TPSA) is 61.9 Å². The van der Waals surface area contributed by atoms with Gasteiger partial charge in [0.1, 0.15) is 0 Å². The van der Waals surface area contributed by atoms with Crippen molar-refractivity contribution in [2.75, 3.05) is 46.4 Å². The maximum atomic E-state index is 12.5. The van der Waals surface area contributed by atoms with Gasteiger partial charge in [0.25, 0.3) is 0 Å². The SMILES string of the molecule is CCCNC1COCC1C(=O)N1CCN(C)C(=O)C1. The Morgan fingerprint density at radius 3 is 2.89 bits per heavy atom. The number of nitrogens with zero attached hydrogens (tertiary/aromatic N) is 2. The van der Waals surface area contributed by atoms with Crippen LogP contribution >= 0.6 is 0 Å². The van der Waals surface area contributed by atoms with Crippen LogP contribution in [0.2, 0.25) is 0 Å². The van der Waals surface area contributed by atoms with Crippen LogP contribution < -0.4 is 5.32 Å². The van der Waals surface area contributed by atoms with Crippen LogP contribution in [-0.4, -0.2) is 74.1 Å². The van der Waals surface area contributed by atoms with E-state index in [1.807, 2.05) is 0 Å². The molecule has 6 nitrogen and oxygen atoms in total. The van der Waals surface area contributed by atoms with Crippen LogP contribution in [0.5, 0.6) is 0 Å². The third kappa shape index (κ3) is 3.25. The van der Waals surface area contributed by atoms with Crippen molar-refractivity contribution in [1.29, 1.82) is 0 Å². The van der Waals surface area contributed by atoms with E-state index in [9.17, 15) is 9.59 Å². The molecular formula is C13H23N3O3. The summed E-state index contributed by atoms with van der Waals surface area (Å²) in [6, 6.07) is 0.0854. The molecule has 0 aromatic heterocycles. The largest absolute Gasteiger partial charge is 0.379 e. The summed E-state index contributed by atoms with van der Waals surface area (Å²) >= 11 is 0. The maximum absolute atomic E-state index is 12.5. The molecule has 0 bridgehead atoms. The van der Waals surface area contributed by atoms with Crippen LogP contribution in [0.1, 0.15) is 13.3 Å². The maximum Gasteiger partial charge on any atom is 0.241 e. The van der Waals surface area contributed by atoms with Gasteiger partial charge in [0, 0.05) is 26.2 Å². The van der Waals surface area contributed by atoms with E-state index in [2.05, 4.69) is 12.2 Å². The molecule has 2 fully saturated rings.